The molecule has 0 spiro atoms. The molecule has 1 aliphatic rings. The summed E-state index contributed by atoms with van der Waals surface area (Å²) in [6, 6.07) is 14.0. The van der Waals surface area contributed by atoms with Gasteiger partial charge in [0.1, 0.15) is 6.33 Å². The summed E-state index contributed by atoms with van der Waals surface area (Å²) in [6.45, 7) is 0. The van der Waals surface area contributed by atoms with Crippen LogP contribution in [0, 0.1) is 0 Å². The molecule has 0 saturated carbocycles. The van der Waals surface area contributed by atoms with Gasteiger partial charge in [0, 0.05) is 26.4 Å². The SMILES string of the molecule is O=C1NC(=O)C(=Cc2ccc3ncnc(-c4csc5ccccc45)c3c2)S1. The fraction of sp³-hybridized carbons (Fsp3) is 0. The Kier molecular flexibility index (Phi) is 3.77. The number of thioether (sulfide) groups is 1. The quantitative estimate of drug-likeness (QED) is 0.497. The first-order valence-electron chi connectivity index (χ1n) is 8.15. The minimum absolute atomic E-state index is 0.346. The third kappa shape index (κ3) is 2.81. The van der Waals surface area contributed by atoms with E-state index < -0.39 is 0 Å². The van der Waals surface area contributed by atoms with E-state index in [0.29, 0.717) is 4.91 Å². The lowest BCUT2D eigenvalue weighted by Crippen LogP contribution is -2.17. The van der Waals surface area contributed by atoms with Crippen LogP contribution in [0.25, 0.3) is 38.3 Å². The van der Waals surface area contributed by atoms with Gasteiger partial charge in [-0.2, -0.15) is 0 Å². The number of amides is 2. The number of thiophene rings is 1. The van der Waals surface area contributed by atoms with Gasteiger partial charge in [-0.05, 0) is 41.6 Å². The first-order chi connectivity index (χ1) is 13.2. The molecule has 0 unspecified atom stereocenters. The molecule has 2 amide bonds. The summed E-state index contributed by atoms with van der Waals surface area (Å²) in [5.74, 6) is -0.363. The normalized spacial score (nSPS) is 15.8. The molecule has 1 N–H and O–H groups in total. The van der Waals surface area contributed by atoms with Crippen LogP contribution in [0.3, 0.4) is 0 Å². The number of fused-ring (bicyclic) bond motifs is 2. The maximum absolute atomic E-state index is 11.8. The molecule has 1 aliphatic heterocycles. The Morgan fingerprint density at radius 3 is 2.74 bits per heavy atom. The molecular formula is C20H11N3O2S2. The number of carbonyl (C=O) groups is 2. The summed E-state index contributed by atoms with van der Waals surface area (Å²) < 4.78 is 1.20. The standard InChI is InChI=1S/C20H11N3O2S2/c24-19-17(27-20(25)23-19)8-11-5-6-15-13(7-11)18(22-10-21-15)14-9-26-16-4-2-1-3-12(14)16/h1-10H,(H,23,24,25). The van der Waals surface area contributed by atoms with Crippen LogP contribution < -0.4 is 5.32 Å². The molecule has 130 valence electrons. The molecule has 7 heteroatoms. The lowest BCUT2D eigenvalue weighted by atomic mass is 10.0. The molecule has 5 rings (SSSR count). The lowest BCUT2D eigenvalue weighted by molar-refractivity contribution is -0.115. The molecule has 0 atom stereocenters. The third-order valence-electron chi connectivity index (χ3n) is 4.34. The Hall–Kier alpha value is -3.03. The highest BCUT2D eigenvalue weighted by Gasteiger charge is 2.25. The molecule has 27 heavy (non-hydrogen) atoms. The molecule has 3 heterocycles. The maximum Gasteiger partial charge on any atom is 0.290 e. The Bertz CT molecular complexity index is 1280. The largest absolute Gasteiger partial charge is 0.290 e. The fourth-order valence-electron chi connectivity index (χ4n) is 3.11. The summed E-state index contributed by atoms with van der Waals surface area (Å²) in [4.78, 5) is 32.5. The van der Waals surface area contributed by atoms with Crippen LogP contribution in [0.1, 0.15) is 5.56 Å². The molecule has 5 nitrogen and oxygen atoms in total. The molecule has 0 aliphatic carbocycles. The number of rotatable bonds is 2. The van der Waals surface area contributed by atoms with Gasteiger partial charge >= 0.3 is 0 Å². The fourth-order valence-corrected chi connectivity index (χ4v) is 4.74. The van der Waals surface area contributed by atoms with Crippen molar-refractivity contribution >= 4 is 61.3 Å². The Balaban J connectivity index is 1.69. The molecule has 4 aromatic rings. The predicted molar refractivity (Wildman–Crippen MR) is 109 cm³/mol. The van der Waals surface area contributed by atoms with E-state index in [4.69, 9.17) is 0 Å². The van der Waals surface area contributed by atoms with E-state index >= 15 is 0 Å². The van der Waals surface area contributed by atoms with Crippen molar-refractivity contribution in [3.05, 3.63) is 64.6 Å². The van der Waals surface area contributed by atoms with Crippen molar-refractivity contribution in [3.8, 4) is 11.3 Å². The maximum atomic E-state index is 11.8. The number of nitrogens with zero attached hydrogens (tertiary/aromatic N) is 2. The highest BCUT2D eigenvalue weighted by Crippen LogP contribution is 2.36. The molecule has 0 bridgehead atoms. The van der Waals surface area contributed by atoms with Gasteiger partial charge in [0.2, 0.25) is 0 Å². The highest BCUT2D eigenvalue weighted by atomic mass is 32.2. The first kappa shape index (κ1) is 16.2. The second-order valence-electron chi connectivity index (χ2n) is 6.00. The van der Waals surface area contributed by atoms with Gasteiger partial charge in [-0.15, -0.1) is 11.3 Å². The van der Waals surface area contributed by atoms with Gasteiger partial charge < -0.3 is 0 Å². The number of hydrogen-bond donors (Lipinski definition) is 1. The summed E-state index contributed by atoms with van der Waals surface area (Å²) in [5.41, 5.74) is 3.58. The molecule has 1 saturated heterocycles. The minimum Gasteiger partial charge on any atom is -0.282 e. The van der Waals surface area contributed by atoms with Gasteiger partial charge in [0.15, 0.2) is 0 Å². The van der Waals surface area contributed by atoms with Crippen LogP contribution in [0.15, 0.2) is 59.1 Å². The topological polar surface area (TPSA) is 72.0 Å². The van der Waals surface area contributed by atoms with E-state index in [-0.39, 0.29) is 11.1 Å². The number of imide groups is 1. The number of nitrogens with one attached hydrogen (secondary N) is 1. The van der Waals surface area contributed by atoms with Crippen molar-refractivity contribution in [1.29, 1.82) is 0 Å². The number of hydrogen-bond acceptors (Lipinski definition) is 6. The second-order valence-corrected chi connectivity index (χ2v) is 7.92. The molecular weight excluding hydrogens is 378 g/mol. The zero-order valence-corrected chi connectivity index (χ0v) is 15.4. The van der Waals surface area contributed by atoms with Gasteiger partial charge in [-0.1, -0.05) is 24.3 Å². The van der Waals surface area contributed by atoms with E-state index in [1.165, 1.54) is 4.70 Å². The summed E-state index contributed by atoms with van der Waals surface area (Å²) in [6.07, 6.45) is 3.29. The number of aromatic nitrogens is 2. The van der Waals surface area contributed by atoms with E-state index in [0.717, 1.165) is 44.9 Å². The number of carbonyl (C=O) groups excluding carboxylic acids is 2. The van der Waals surface area contributed by atoms with E-state index in [1.54, 1.807) is 23.7 Å². The molecule has 2 aromatic heterocycles. The third-order valence-corrected chi connectivity index (χ3v) is 6.11. The van der Waals surface area contributed by atoms with E-state index in [2.05, 4.69) is 32.8 Å². The zero-order chi connectivity index (χ0) is 18.4. The van der Waals surface area contributed by atoms with Crippen LogP contribution in [0.5, 0.6) is 0 Å². The van der Waals surface area contributed by atoms with Crippen LogP contribution in [-0.4, -0.2) is 21.1 Å². The zero-order valence-electron chi connectivity index (χ0n) is 13.8. The monoisotopic (exact) mass is 389 g/mol. The Morgan fingerprint density at radius 2 is 1.89 bits per heavy atom. The average molecular weight is 389 g/mol. The van der Waals surface area contributed by atoms with Crippen LogP contribution >= 0.6 is 23.1 Å². The second kappa shape index (κ2) is 6.29. The van der Waals surface area contributed by atoms with Crippen molar-refractivity contribution < 1.29 is 9.59 Å². The van der Waals surface area contributed by atoms with Crippen molar-refractivity contribution in [3.63, 3.8) is 0 Å². The molecule has 1 fully saturated rings. The summed E-state index contributed by atoms with van der Waals surface area (Å²) in [7, 11) is 0. The van der Waals surface area contributed by atoms with Crippen LogP contribution in [0.4, 0.5) is 4.79 Å². The van der Waals surface area contributed by atoms with E-state index in [1.807, 2.05) is 30.3 Å². The summed E-state index contributed by atoms with van der Waals surface area (Å²) >= 11 is 2.59. The lowest BCUT2D eigenvalue weighted by Gasteiger charge is -2.06. The van der Waals surface area contributed by atoms with Gasteiger partial charge in [-0.3, -0.25) is 14.9 Å². The van der Waals surface area contributed by atoms with Crippen LogP contribution in [-0.2, 0) is 4.79 Å². The predicted octanol–water partition coefficient (Wildman–Crippen LogP) is 4.84. The van der Waals surface area contributed by atoms with Crippen molar-refractivity contribution in [2.45, 2.75) is 0 Å². The molecule has 2 aromatic carbocycles. The van der Waals surface area contributed by atoms with Crippen molar-refractivity contribution in [2.75, 3.05) is 0 Å². The number of benzene rings is 2. The van der Waals surface area contributed by atoms with Gasteiger partial charge in [-0.25, -0.2) is 9.97 Å². The van der Waals surface area contributed by atoms with Gasteiger partial charge in [0.25, 0.3) is 11.1 Å². The summed E-state index contributed by atoms with van der Waals surface area (Å²) in [5, 5.41) is 6.10. The average Bonchev–Trinajstić information content (AvgIpc) is 3.24. The van der Waals surface area contributed by atoms with Crippen LogP contribution in [0.2, 0.25) is 0 Å². The Labute approximate surface area is 162 Å². The van der Waals surface area contributed by atoms with E-state index in [9.17, 15) is 9.59 Å². The minimum atomic E-state index is -0.363. The first-order valence-corrected chi connectivity index (χ1v) is 9.85. The molecule has 0 radical (unpaired) electrons. The van der Waals surface area contributed by atoms with Crippen molar-refractivity contribution in [2.24, 2.45) is 0 Å². The Morgan fingerprint density at radius 1 is 1.00 bits per heavy atom. The van der Waals surface area contributed by atoms with Crippen molar-refractivity contribution in [1.82, 2.24) is 15.3 Å². The highest BCUT2D eigenvalue weighted by molar-refractivity contribution is 8.18. The smallest absolute Gasteiger partial charge is 0.282 e. The van der Waals surface area contributed by atoms with Gasteiger partial charge in [0.05, 0.1) is 16.1 Å².